The minimum Gasteiger partial charge on any atom is -0.489 e. The number of ether oxygens (including phenoxy) is 1. The van der Waals surface area contributed by atoms with Gasteiger partial charge in [-0.15, -0.1) is 0 Å². The lowest BCUT2D eigenvalue weighted by atomic mass is 10.0. The van der Waals surface area contributed by atoms with Crippen molar-refractivity contribution >= 4 is 0 Å². The second-order valence-electron chi connectivity index (χ2n) is 5.35. The molecule has 0 spiro atoms. The molecule has 0 bridgehead atoms. The molecule has 0 heterocycles. The Morgan fingerprint density at radius 1 is 1.19 bits per heavy atom. The van der Waals surface area contributed by atoms with Gasteiger partial charge in [0.25, 0.3) is 0 Å². The minimum absolute atomic E-state index is 0.0838. The molecular weight excluding hydrogens is 260 g/mol. The normalized spacial score (nSPS) is 11.7. The lowest BCUT2D eigenvalue weighted by Gasteiger charge is -2.14. The minimum atomic E-state index is 0.0838. The molecule has 2 rings (SSSR count). The molecule has 0 saturated heterocycles. The van der Waals surface area contributed by atoms with Gasteiger partial charge in [-0.2, -0.15) is 5.26 Å². The highest BCUT2D eigenvalue weighted by molar-refractivity contribution is 5.40. The van der Waals surface area contributed by atoms with Crippen LogP contribution in [0.4, 0.5) is 0 Å². The van der Waals surface area contributed by atoms with Gasteiger partial charge >= 0.3 is 0 Å². The molecule has 0 aromatic heterocycles. The van der Waals surface area contributed by atoms with Gasteiger partial charge in [0.1, 0.15) is 12.4 Å². The first-order valence-electron chi connectivity index (χ1n) is 7.06. The third-order valence-electron chi connectivity index (χ3n) is 3.28. The Morgan fingerprint density at radius 2 is 1.95 bits per heavy atom. The van der Waals surface area contributed by atoms with Crippen LogP contribution in [-0.2, 0) is 13.0 Å². The Morgan fingerprint density at radius 3 is 2.67 bits per heavy atom. The Kier molecular flexibility index (Phi) is 4.97. The summed E-state index contributed by atoms with van der Waals surface area (Å²) in [4.78, 5) is 0. The van der Waals surface area contributed by atoms with E-state index in [0.29, 0.717) is 12.2 Å². The fraction of sp³-hybridized carbons (Fsp3) is 0.278. The lowest BCUT2D eigenvalue weighted by Crippen LogP contribution is -2.18. The highest BCUT2D eigenvalue weighted by Crippen LogP contribution is 2.23. The number of nitrogens with zero attached hydrogens (tertiary/aromatic N) is 1. The maximum absolute atomic E-state index is 9.10. The van der Waals surface area contributed by atoms with Crippen LogP contribution in [-0.4, -0.2) is 6.04 Å². The van der Waals surface area contributed by atoms with Gasteiger partial charge in [0, 0.05) is 11.6 Å². The molecule has 0 aliphatic heterocycles. The van der Waals surface area contributed by atoms with Crippen molar-refractivity contribution in [2.45, 2.75) is 32.9 Å². The van der Waals surface area contributed by atoms with Crippen molar-refractivity contribution in [2.75, 3.05) is 0 Å². The fourth-order valence-electron chi connectivity index (χ4n) is 2.27. The summed E-state index contributed by atoms with van der Waals surface area (Å²) in [7, 11) is 0. The average molecular weight is 280 g/mol. The van der Waals surface area contributed by atoms with Crippen LogP contribution < -0.4 is 10.5 Å². The van der Waals surface area contributed by atoms with Crippen LogP contribution in [0.1, 0.15) is 29.2 Å². The van der Waals surface area contributed by atoms with Gasteiger partial charge in [-0.3, -0.25) is 0 Å². The predicted molar refractivity (Wildman–Crippen MR) is 84.0 cm³/mol. The Hall–Kier alpha value is -2.31. The average Bonchev–Trinajstić information content (AvgIpc) is 2.46. The van der Waals surface area contributed by atoms with Gasteiger partial charge in [-0.1, -0.05) is 35.9 Å². The highest BCUT2D eigenvalue weighted by Gasteiger charge is 2.08. The first kappa shape index (κ1) is 15.1. The standard InChI is InChI=1S/C18H20N2O/c1-13-7-8-18(17(9-13)10-14(2)20)21-12-16-6-4-3-5-15(16)11-19/h3-9,14H,10,12,20H2,1-2H3. The molecule has 3 nitrogen and oxygen atoms in total. The number of hydrogen-bond acceptors (Lipinski definition) is 3. The van der Waals surface area contributed by atoms with Crippen molar-refractivity contribution in [2.24, 2.45) is 5.73 Å². The molecule has 3 heteroatoms. The van der Waals surface area contributed by atoms with Gasteiger partial charge < -0.3 is 10.5 Å². The summed E-state index contributed by atoms with van der Waals surface area (Å²) in [5.74, 6) is 0.839. The number of nitrogens with two attached hydrogens (primary N) is 1. The van der Waals surface area contributed by atoms with Crippen molar-refractivity contribution in [1.29, 1.82) is 5.26 Å². The van der Waals surface area contributed by atoms with Crippen molar-refractivity contribution < 1.29 is 4.74 Å². The van der Waals surface area contributed by atoms with Crippen molar-refractivity contribution in [3.63, 3.8) is 0 Å². The maximum atomic E-state index is 9.10. The molecule has 0 fully saturated rings. The highest BCUT2D eigenvalue weighted by atomic mass is 16.5. The molecular formula is C18H20N2O. The molecule has 0 radical (unpaired) electrons. The van der Waals surface area contributed by atoms with Crippen LogP contribution >= 0.6 is 0 Å². The summed E-state index contributed by atoms with van der Waals surface area (Å²) in [5, 5.41) is 9.10. The van der Waals surface area contributed by atoms with E-state index in [0.717, 1.165) is 23.3 Å². The Bertz CT molecular complexity index is 657. The molecule has 0 saturated carbocycles. The molecule has 2 aromatic carbocycles. The third-order valence-corrected chi connectivity index (χ3v) is 3.28. The fourth-order valence-corrected chi connectivity index (χ4v) is 2.27. The summed E-state index contributed by atoms with van der Waals surface area (Å²) in [6.07, 6.45) is 0.775. The van der Waals surface area contributed by atoms with E-state index in [1.165, 1.54) is 5.56 Å². The number of hydrogen-bond donors (Lipinski definition) is 1. The van der Waals surface area contributed by atoms with Gasteiger partial charge in [-0.05, 0) is 38.0 Å². The van der Waals surface area contributed by atoms with Crippen LogP contribution in [0.3, 0.4) is 0 Å². The van der Waals surface area contributed by atoms with E-state index in [1.54, 1.807) is 6.07 Å². The second kappa shape index (κ2) is 6.92. The first-order valence-corrected chi connectivity index (χ1v) is 7.06. The van der Waals surface area contributed by atoms with Gasteiger partial charge in [0.2, 0.25) is 0 Å². The van der Waals surface area contributed by atoms with Gasteiger partial charge in [0.05, 0.1) is 11.6 Å². The smallest absolute Gasteiger partial charge is 0.123 e. The monoisotopic (exact) mass is 280 g/mol. The van der Waals surface area contributed by atoms with Gasteiger partial charge in [0.15, 0.2) is 0 Å². The quantitative estimate of drug-likeness (QED) is 0.913. The van der Waals surface area contributed by atoms with E-state index in [4.69, 9.17) is 15.7 Å². The Balaban J connectivity index is 2.18. The largest absolute Gasteiger partial charge is 0.489 e. The number of nitriles is 1. The number of benzene rings is 2. The van der Waals surface area contributed by atoms with Gasteiger partial charge in [-0.25, -0.2) is 0 Å². The molecule has 0 aliphatic carbocycles. The SMILES string of the molecule is Cc1ccc(OCc2ccccc2C#N)c(CC(C)N)c1. The van der Waals surface area contributed by atoms with E-state index < -0.39 is 0 Å². The van der Waals surface area contributed by atoms with Crippen LogP contribution in [0.15, 0.2) is 42.5 Å². The maximum Gasteiger partial charge on any atom is 0.123 e. The van der Waals surface area contributed by atoms with E-state index >= 15 is 0 Å². The summed E-state index contributed by atoms with van der Waals surface area (Å²) < 4.78 is 5.91. The molecule has 21 heavy (non-hydrogen) atoms. The summed E-state index contributed by atoms with van der Waals surface area (Å²) in [6, 6.07) is 15.9. The topological polar surface area (TPSA) is 59.0 Å². The third kappa shape index (κ3) is 4.08. The summed E-state index contributed by atoms with van der Waals surface area (Å²) in [6.45, 7) is 4.43. The van der Waals surface area contributed by atoms with Crippen LogP contribution in [0.25, 0.3) is 0 Å². The molecule has 2 N–H and O–H groups in total. The lowest BCUT2D eigenvalue weighted by molar-refractivity contribution is 0.302. The zero-order valence-electron chi connectivity index (χ0n) is 12.5. The van der Waals surface area contributed by atoms with E-state index in [9.17, 15) is 0 Å². The predicted octanol–water partition coefficient (Wildman–Crippen LogP) is 3.34. The molecule has 1 atom stereocenters. The van der Waals surface area contributed by atoms with Crippen molar-refractivity contribution in [3.05, 3.63) is 64.7 Å². The first-order chi connectivity index (χ1) is 10.1. The molecule has 0 amide bonds. The molecule has 0 aliphatic rings. The molecule has 2 aromatic rings. The number of rotatable bonds is 5. The zero-order chi connectivity index (χ0) is 15.2. The van der Waals surface area contributed by atoms with Crippen molar-refractivity contribution in [3.8, 4) is 11.8 Å². The van der Waals surface area contributed by atoms with Crippen LogP contribution in [0, 0.1) is 18.3 Å². The second-order valence-corrected chi connectivity index (χ2v) is 5.35. The summed E-state index contributed by atoms with van der Waals surface area (Å²) >= 11 is 0. The van der Waals surface area contributed by atoms with Crippen LogP contribution in [0.2, 0.25) is 0 Å². The van der Waals surface area contributed by atoms with E-state index in [1.807, 2.05) is 37.3 Å². The van der Waals surface area contributed by atoms with E-state index in [-0.39, 0.29) is 6.04 Å². The Labute approximate surface area is 126 Å². The molecule has 108 valence electrons. The van der Waals surface area contributed by atoms with E-state index in [2.05, 4.69) is 19.1 Å². The zero-order valence-corrected chi connectivity index (χ0v) is 12.5. The molecule has 1 unspecified atom stereocenters. The number of aryl methyl sites for hydroxylation is 1. The van der Waals surface area contributed by atoms with Crippen molar-refractivity contribution in [1.82, 2.24) is 0 Å². The van der Waals surface area contributed by atoms with Crippen LogP contribution in [0.5, 0.6) is 5.75 Å². The summed E-state index contributed by atoms with van der Waals surface area (Å²) in [5.41, 5.74) is 9.75.